The molecule has 0 radical (unpaired) electrons. The fourth-order valence-corrected chi connectivity index (χ4v) is 2.68. The monoisotopic (exact) mass is 346 g/mol. The lowest BCUT2D eigenvalue weighted by atomic mass is 10.1. The molecule has 0 aliphatic heterocycles. The van der Waals surface area contributed by atoms with E-state index >= 15 is 0 Å². The van der Waals surface area contributed by atoms with Gasteiger partial charge in [0.15, 0.2) is 0 Å². The van der Waals surface area contributed by atoms with Crippen molar-refractivity contribution in [1.82, 2.24) is 9.13 Å². The Hall–Kier alpha value is -3.59. The van der Waals surface area contributed by atoms with Crippen LogP contribution in [0.4, 0.5) is 5.69 Å². The number of nitrogens with zero attached hydrogens (tertiary/aromatic N) is 3. The molecule has 0 saturated carbocycles. The molecule has 0 aliphatic carbocycles. The molecule has 3 aromatic rings. The molecule has 2 aromatic heterocycles. The highest BCUT2D eigenvalue weighted by Gasteiger charge is 2.14. The lowest BCUT2D eigenvalue weighted by Crippen LogP contribution is -2.26. The van der Waals surface area contributed by atoms with Gasteiger partial charge < -0.3 is 14.5 Å². The van der Waals surface area contributed by atoms with Crippen molar-refractivity contribution in [2.24, 2.45) is 7.05 Å². The summed E-state index contributed by atoms with van der Waals surface area (Å²) in [4.78, 5) is 25.1. The Labute approximate surface area is 150 Å². The van der Waals surface area contributed by atoms with Gasteiger partial charge in [0.05, 0.1) is 12.1 Å². The van der Waals surface area contributed by atoms with Crippen molar-refractivity contribution >= 4 is 11.6 Å². The minimum atomic E-state index is -0.431. The summed E-state index contributed by atoms with van der Waals surface area (Å²) in [5.74, 6) is -0.431. The lowest BCUT2D eigenvalue weighted by Gasteiger charge is -2.10. The Balaban J connectivity index is 1.84. The van der Waals surface area contributed by atoms with Crippen LogP contribution >= 0.6 is 0 Å². The van der Waals surface area contributed by atoms with Crippen molar-refractivity contribution in [1.29, 1.82) is 5.26 Å². The first-order chi connectivity index (χ1) is 12.5. The summed E-state index contributed by atoms with van der Waals surface area (Å²) in [6.45, 7) is 2.43. The zero-order chi connectivity index (χ0) is 18.7. The van der Waals surface area contributed by atoms with E-state index in [1.165, 1.54) is 6.07 Å². The van der Waals surface area contributed by atoms with E-state index in [2.05, 4.69) is 5.32 Å². The van der Waals surface area contributed by atoms with E-state index in [-0.39, 0.29) is 11.2 Å². The Morgan fingerprint density at radius 1 is 1.23 bits per heavy atom. The molecule has 0 atom stereocenters. The Kier molecular flexibility index (Phi) is 4.72. The average Bonchev–Trinajstić information content (AvgIpc) is 3.01. The first-order valence-electron chi connectivity index (χ1n) is 8.11. The summed E-state index contributed by atoms with van der Waals surface area (Å²) in [5, 5.41) is 11.6. The normalized spacial score (nSPS) is 10.3. The average molecular weight is 346 g/mol. The van der Waals surface area contributed by atoms with Crippen molar-refractivity contribution < 1.29 is 4.79 Å². The van der Waals surface area contributed by atoms with E-state index in [1.807, 2.05) is 37.3 Å². The van der Waals surface area contributed by atoms with Crippen molar-refractivity contribution in [3.05, 3.63) is 87.6 Å². The van der Waals surface area contributed by atoms with E-state index in [9.17, 15) is 9.59 Å². The van der Waals surface area contributed by atoms with Crippen LogP contribution in [-0.4, -0.2) is 15.0 Å². The van der Waals surface area contributed by atoms with Crippen LogP contribution in [0.5, 0.6) is 0 Å². The van der Waals surface area contributed by atoms with Crippen molar-refractivity contribution in [2.45, 2.75) is 13.5 Å². The maximum absolute atomic E-state index is 12.6. The molecular weight excluding hydrogens is 328 g/mol. The molecule has 1 amide bonds. The van der Waals surface area contributed by atoms with Gasteiger partial charge in [-0.05, 0) is 30.7 Å². The molecule has 0 unspecified atom stereocenters. The van der Waals surface area contributed by atoms with Crippen LogP contribution < -0.4 is 10.9 Å². The van der Waals surface area contributed by atoms with E-state index in [0.29, 0.717) is 17.8 Å². The number of pyridine rings is 1. The zero-order valence-corrected chi connectivity index (χ0v) is 14.6. The number of hydrogen-bond acceptors (Lipinski definition) is 3. The summed E-state index contributed by atoms with van der Waals surface area (Å²) in [7, 11) is 1.68. The molecular formula is C20H18N4O2. The third-order valence-electron chi connectivity index (χ3n) is 4.11. The van der Waals surface area contributed by atoms with E-state index < -0.39 is 5.91 Å². The predicted molar refractivity (Wildman–Crippen MR) is 99.1 cm³/mol. The second-order valence-corrected chi connectivity index (χ2v) is 6.13. The number of carbonyl (C=O) groups is 1. The van der Waals surface area contributed by atoms with Gasteiger partial charge in [0.1, 0.15) is 17.5 Å². The molecule has 26 heavy (non-hydrogen) atoms. The number of nitrogens with one attached hydrogen (secondary N) is 1. The first-order valence-corrected chi connectivity index (χ1v) is 8.11. The molecule has 0 fully saturated rings. The highest BCUT2D eigenvalue weighted by atomic mass is 16.2. The van der Waals surface area contributed by atoms with Gasteiger partial charge in [0, 0.05) is 19.4 Å². The van der Waals surface area contributed by atoms with E-state index in [4.69, 9.17) is 5.26 Å². The van der Waals surface area contributed by atoms with Gasteiger partial charge in [-0.2, -0.15) is 5.26 Å². The van der Waals surface area contributed by atoms with Gasteiger partial charge in [-0.3, -0.25) is 9.59 Å². The maximum Gasteiger partial charge on any atom is 0.274 e. The molecule has 1 aromatic carbocycles. The van der Waals surface area contributed by atoms with Crippen LogP contribution in [0.2, 0.25) is 0 Å². The van der Waals surface area contributed by atoms with Crippen molar-refractivity contribution in [2.75, 3.05) is 5.32 Å². The third kappa shape index (κ3) is 3.57. The van der Waals surface area contributed by atoms with Crippen LogP contribution in [0.25, 0.3) is 0 Å². The molecule has 0 saturated heterocycles. The Bertz CT molecular complexity index is 1050. The lowest BCUT2D eigenvalue weighted by molar-refractivity contribution is 0.101. The standard InChI is InChI=1S/C20H18N4O2/c1-14-5-7-15(8-6-14)13-24-9-3-4-17(20(24)26)22-19(25)18-10-16(11-21)12-23(18)2/h3-10,12H,13H2,1-2H3,(H,22,25). The molecule has 0 aliphatic rings. The van der Waals surface area contributed by atoms with Crippen molar-refractivity contribution in [3.8, 4) is 6.07 Å². The number of benzene rings is 1. The summed E-state index contributed by atoms with van der Waals surface area (Å²) in [5.41, 5.74) is 2.78. The van der Waals surface area contributed by atoms with Crippen LogP contribution in [0.1, 0.15) is 27.2 Å². The van der Waals surface area contributed by atoms with Crippen LogP contribution in [0.15, 0.2) is 59.7 Å². The fourth-order valence-electron chi connectivity index (χ4n) is 2.68. The van der Waals surface area contributed by atoms with E-state index in [1.54, 1.807) is 40.7 Å². The number of aryl methyl sites for hydroxylation is 2. The molecule has 130 valence electrons. The molecule has 6 nitrogen and oxygen atoms in total. The molecule has 1 N–H and O–H groups in total. The van der Waals surface area contributed by atoms with Gasteiger partial charge in [-0.25, -0.2) is 0 Å². The molecule has 0 spiro atoms. The first kappa shape index (κ1) is 17.2. The quantitative estimate of drug-likeness (QED) is 0.789. The minimum Gasteiger partial charge on any atom is -0.345 e. The molecule has 3 rings (SSSR count). The smallest absolute Gasteiger partial charge is 0.274 e. The summed E-state index contributed by atoms with van der Waals surface area (Å²) in [6.07, 6.45) is 3.25. The zero-order valence-electron chi connectivity index (χ0n) is 14.6. The number of aromatic nitrogens is 2. The van der Waals surface area contributed by atoms with E-state index in [0.717, 1.165) is 11.1 Å². The SMILES string of the molecule is Cc1ccc(Cn2cccc(NC(=O)c3cc(C#N)cn3C)c2=O)cc1. The summed E-state index contributed by atoms with van der Waals surface area (Å²) in [6, 6.07) is 14.7. The third-order valence-corrected chi connectivity index (χ3v) is 4.11. The summed E-state index contributed by atoms with van der Waals surface area (Å²) < 4.78 is 3.10. The molecule has 0 bridgehead atoms. The van der Waals surface area contributed by atoms with Crippen molar-refractivity contribution in [3.63, 3.8) is 0 Å². The minimum absolute atomic E-state index is 0.198. The van der Waals surface area contributed by atoms with Gasteiger partial charge in [0.2, 0.25) is 0 Å². The van der Waals surface area contributed by atoms with Gasteiger partial charge in [0.25, 0.3) is 11.5 Å². The highest BCUT2D eigenvalue weighted by Crippen LogP contribution is 2.10. The van der Waals surface area contributed by atoms with Crippen LogP contribution in [-0.2, 0) is 13.6 Å². The number of anilines is 1. The topological polar surface area (TPSA) is 79.8 Å². The highest BCUT2D eigenvalue weighted by molar-refractivity contribution is 6.03. The largest absolute Gasteiger partial charge is 0.345 e. The number of carbonyl (C=O) groups excluding carboxylic acids is 1. The number of nitriles is 1. The maximum atomic E-state index is 12.6. The molecule has 2 heterocycles. The van der Waals surface area contributed by atoms with Gasteiger partial charge in [-0.1, -0.05) is 29.8 Å². The predicted octanol–water partition coefficient (Wildman–Crippen LogP) is 2.67. The summed E-state index contributed by atoms with van der Waals surface area (Å²) >= 11 is 0. The van der Waals surface area contributed by atoms with Gasteiger partial charge in [-0.15, -0.1) is 0 Å². The number of amides is 1. The Morgan fingerprint density at radius 2 is 1.96 bits per heavy atom. The fraction of sp³-hybridized carbons (Fsp3) is 0.150. The second-order valence-electron chi connectivity index (χ2n) is 6.13. The van der Waals surface area contributed by atoms with Gasteiger partial charge >= 0.3 is 0 Å². The molecule has 6 heteroatoms. The Morgan fingerprint density at radius 3 is 2.62 bits per heavy atom. The van der Waals surface area contributed by atoms with Crippen LogP contribution in [0.3, 0.4) is 0 Å². The number of rotatable bonds is 4. The van der Waals surface area contributed by atoms with Crippen LogP contribution in [0, 0.1) is 18.3 Å². The second kappa shape index (κ2) is 7.11. The number of hydrogen-bond donors (Lipinski definition) is 1.